The molecule has 1 N–H and O–H groups in total. The van der Waals surface area contributed by atoms with Gasteiger partial charge in [-0.15, -0.1) is 0 Å². The number of fused-ring (bicyclic) bond motifs is 1. The number of benzene rings is 1. The summed E-state index contributed by atoms with van der Waals surface area (Å²) in [4.78, 5) is 26.6. The molecular formula is C30H35N5O3. The molecule has 0 spiro atoms. The van der Waals surface area contributed by atoms with E-state index < -0.39 is 0 Å². The Morgan fingerprint density at radius 1 is 1.11 bits per heavy atom. The maximum Gasteiger partial charge on any atom is 0.254 e. The maximum atomic E-state index is 13.8. The molecule has 3 heterocycles. The number of aryl methyl sites for hydroxylation is 2. The highest BCUT2D eigenvalue weighted by molar-refractivity contribution is 5.99. The summed E-state index contributed by atoms with van der Waals surface area (Å²) < 4.78 is 5.61. The number of aliphatic hydroxyl groups is 1. The standard InChI is InChI=1S/C30H35N5O3/c1-5-38-29-15-24(33-18-23(29)16-31)19-35-9-7-25-27(26-12-21(3)32-17-20(26)2)13-22(14-28(25)30(35)37)6-8-34(4)10-11-36/h12-15,17-18,36H,5-11,19H2,1-4H3. The highest BCUT2D eigenvalue weighted by atomic mass is 16.5. The first-order valence-electron chi connectivity index (χ1n) is 13.0. The topological polar surface area (TPSA) is 103 Å². The van der Waals surface area contributed by atoms with E-state index >= 15 is 0 Å². The fourth-order valence-electron chi connectivity index (χ4n) is 4.89. The van der Waals surface area contributed by atoms with Crippen LogP contribution in [0.25, 0.3) is 11.1 Å². The summed E-state index contributed by atoms with van der Waals surface area (Å²) in [5, 5.41) is 18.6. The van der Waals surface area contributed by atoms with Gasteiger partial charge >= 0.3 is 0 Å². The molecule has 198 valence electrons. The number of hydrogen-bond donors (Lipinski definition) is 1. The molecule has 1 aromatic carbocycles. The third-order valence-corrected chi connectivity index (χ3v) is 6.95. The first-order chi connectivity index (χ1) is 18.3. The summed E-state index contributed by atoms with van der Waals surface area (Å²) in [5.41, 5.74) is 8.16. The molecule has 0 saturated heterocycles. The zero-order valence-electron chi connectivity index (χ0n) is 22.6. The minimum atomic E-state index is -0.0226. The van der Waals surface area contributed by atoms with Gasteiger partial charge in [0.15, 0.2) is 0 Å². The van der Waals surface area contributed by atoms with E-state index in [1.165, 1.54) is 6.20 Å². The number of carbonyl (C=O) groups is 1. The molecule has 2 aromatic heterocycles. The van der Waals surface area contributed by atoms with Crippen molar-refractivity contribution < 1.29 is 14.6 Å². The molecule has 1 aliphatic heterocycles. The molecule has 1 aliphatic rings. The van der Waals surface area contributed by atoms with Crippen LogP contribution in [-0.4, -0.2) is 70.7 Å². The number of aliphatic hydroxyl groups excluding tert-OH is 1. The molecule has 0 unspecified atom stereocenters. The fraction of sp³-hybridized carbons (Fsp3) is 0.400. The molecule has 0 aliphatic carbocycles. The Bertz CT molecular complexity index is 1360. The minimum absolute atomic E-state index is 0.0226. The third-order valence-electron chi connectivity index (χ3n) is 6.95. The van der Waals surface area contributed by atoms with Crippen molar-refractivity contribution in [2.24, 2.45) is 0 Å². The van der Waals surface area contributed by atoms with Crippen molar-refractivity contribution in [3.8, 4) is 22.9 Å². The van der Waals surface area contributed by atoms with Gasteiger partial charge in [-0.05, 0) is 80.6 Å². The van der Waals surface area contributed by atoms with E-state index in [1.807, 2.05) is 38.1 Å². The van der Waals surface area contributed by atoms with Crippen LogP contribution in [0.5, 0.6) is 5.75 Å². The Morgan fingerprint density at radius 3 is 2.63 bits per heavy atom. The van der Waals surface area contributed by atoms with E-state index in [1.54, 1.807) is 6.07 Å². The van der Waals surface area contributed by atoms with Gasteiger partial charge in [0.25, 0.3) is 5.91 Å². The number of hydrogen-bond acceptors (Lipinski definition) is 7. The zero-order chi connectivity index (χ0) is 27.2. The molecule has 8 heteroatoms. The molecule has 1 amide bonds. The van der Waals surface area contributed by atoms with Crippen LogP contribution in [0.2, 0.25) is 0 Å². The summed E-state index contributed by atoms with van der Waals surface area (Å²) in [5.74, 6) is 0.468. The summed E-state index contributed by atoms with van der Waals surface area (Å²) in [6.45, 7) is 8.77. The van der Waals surface area contributed by atoms with Gasteiger partial charge in [0.2, 0.25) is 0 Å². The Labute approximate surface area is 224 Å². The van der Waals surface area contributed by atoms with E-state index in [4.69, 9.17) is 4.74 Å². The van der Waals surface area contributed by atoms with Crippen molar-refractivity contribution in [1.29, 1.82) is 5.26 Å². The predicted molar refractivity (Wildman–Crippen MR) is 146 cm³/mol. The van der Waals surface area contributed by atoms with E-state index in [9.17, 15) is 15.2 Å². The van der Waals surface area contributed by atoms with Crippen LogP contribution >= 0.6 is 0 Å². The van der Waals surface area contributed by atoms with E-state index in [2.05, 4.69) is 40.0 Å². The summed E-state index contributed by atoms with van der Waals surface area (Å²) in [6.07, 6.45) is 4.90. The van der Waals surface area contributed by atoms with Crippen LogP contribution in [0.3, 0.4) is 0 Å². The van der Waals surface area contributed by atoms with E-state index in [0.717, 1.165) is 58.5 Å². The van der Waals surface area contributed by atoms with Crippen molar-refractivity contribution in [1.82, 2.24) is 19.8 Å². The first kappa shape index (κ1) is 27.2. The minimum Gasteiger partial charge on any atom is -0.492 e. The number of rotatable bonds is 10. The maximum absolute atomic E-state index is 13.8. The second-order valence-corrected chi connectivity index (χ2v) is 9.78. The quantitative estimate of drug-likeness (QED) is 0.441. The van der Waals surface area contributed by atoms with Crippen LogP contribution in [0, 0.1) is 25.2 Å². The highest BCUT2D eigenvalue weighted by Crippen LogP contribution is 2.34. The average Bonchev–Trinajstić information content (AvgIpc) is 2.91. The monoisotopic (exact) mass is 513 g/mol. The fourth-order valence-corrected chi connectivity index (χ4v) is 4.89. The third kappa shape index (κ3) is 6.01. The van der Waals surface area contributed by atoms with Gasteiger partial charge in [-0.1, -0.05) is 6.07 Å². The number of nitrogens with zero attached hydrogens (tertiary/aromatic N) is 5. The van der Waals surface area contributed by atoms with Crippen LogP contribution in [0.1, 0.15) is 50.9 Å². The summed E-state index contributed by atoms with van der Waals surface area (Å²) in [6, 6.07) is 10.2. The van der Waals surface area contributed by atoms with Crippen molar-refractivity contribution in [2.75, 3.05) is 39.9 Å². The Morgan fingerprint density at radius 2 is 1.89 bits per heavy atom. The van der Waals surface area contributed by atoms with Gasteiger partial charge in [-0.3, -0.25) is 14.8 Å². The SMILES string of the molecule is CCOc1cc(CN2CCc3c(cc(CCN(C)CCO)cc3-c3cc(C)ncc3C)C2=O)ncc1C#N. The lowest BCUT2D eigenvalue weighted by molar-refractivity contribution is 0.0724. The molecule has 38 heavy (non-hydrogen) atoms. The molecule has 0 bridgehead atoms. The molecule has 0 radical (unpaired) electrons. The van der Waals surface area contributed by atoms with Gasteiger partial charge in [0.05, 0.1) is 25.5 Å². The average molecular weight is 514 g/mol. The molecular weight excluding hydrogens is 478 g/mol. The second-order valence-electron chi connectivity index (χ2n) is 9.78. The Hall–Kier alpha value is -3.80. The molecule has 4 rings (SSSR count). The number of amides is 1. The lowest BCUT2D eigenvalue weighted by Crippen LogP contribution is -2.37. The molecule has 0 fully saturated rings. The number of aromatic nitrogens is 2. The van der Waals surface area contributed by atoms with Gasteiger partial charge in [0, 0.05) is 49.4 Å². The lowest BCUT2D eigenvalue weighted by atomic mass is 9.86. The number of pyridine rings is 2. The zero-order valence-corrected chi connectivity index (χ0v) is 22.6. The van der Waals surface area contributed by atoms with Crippen LogP contribution in [0.4, 0.5) is 0 Å². The number of nitriles is 1. The molecule has 3 aromatic rings. The molecule has 0 saturated carbocycles. The molecule has 8 nitrogen and oxygen atoms in total. The van der Waals surface area contributed by atoms with Crippen LogP contribution < -0.4 is 4.74 Å². The first-order valence-corrected chi connectivity index (χ1v) is 13.0. The van der Waals surface area contributed by atoms with Gasteiger partial charge in [-0.2, -0.15) is 5.26 Å². The second kappa shape index (κ2) is 12.2. The van der Waals surface area contributed by atoms with E-state index in [-0.39, 0.29) is 12.5 Å². The van der Waals surface area contributed by atoms with Gasteiger partial charge < -0.3 is 19.6 Å². The largest absolute Gasteiger partial charge is 0.492 e. The Balaban J connectivity index is 1.70. The number of ether oxygens (including phenoxy) is 1. The number of likely N-dealkylation sites (N-methyl/N-ethyl adjacent to an activating group) is 1. The van der Waals surface area contributed by atoms with Crippen molar-refractivity contribution in [3.05, 3.63) is 75.9 Å². The predicted octanol–water partition coefficient (Wildman–Crippen LogP) is 3.70. The smallest absolute Gasteiger partial charge is 0.254 e. The summed E-state index contributed by atoms with van der Waals surface area (Å²) in [7, 11) is 1.99. The van der Waals surface area contributed by atoms with Gasteiger partial charge in [-0.25, -0.2) is 0 Å². The van der Waals surface area contributed by atoms with Crippen LogP contribution in [0.15, 0.2) is 36.7 Å². The lowest BCUT2D eigenvalue weighted by Gasteiger charge is -2.31. The van der Waals surface area contributed by atoms with Crippen molar-refractivity contribution >= 4 is 5.91 Å². The van der Waals surface area contributed by atoms with Crippen molar-refractivity contribution in [3.63, 3.8) is 0 Å². The van der Waals surface area contributed by atoms with Crippen LogP contribution in [-0.2, 0) is 19.4 Å². The Kier molecular flexibility index (Phi) is 8.72. The highest BCUT2D eigenvalue weighted by Gasteiger charge is 2.28. The molecule has 0 atom stereocenters. The number of carbonyl (C=O) groups excluding carboxylic acids is 1. The van der Waals surface area contributed by atoms with E-state index in [0.29, 0.717) is 43.2 Å². The summed E-state index contributed by atoms with van der Waals surface area (Å²) >= 11 is 0. The van der Waals surface area contributed by atoms with Gasteiger partial charge in [0.1, 0.15) is 17.4 Å². The van der Waals surface area contributed by atoms with Crippen molar-refractivity contribution in [2.45, 2.75) is 40.2 Å². The normalized spacial score (nSPS) is 13.0.